The molecule has 2 amide bonds. The van der Waals surface area contributed by atoms with Gasteiger partial charge in [-0.2, -0.15) is 0 Å². The second-order valence-corrected chi connectivity index (χ2v) is 8.80. The zero-order chi connectivity index (χ0) is 25.1. The molecule has 1 aromatic heterocycles. The average molecular weight is 485 g/mol. The highest BCUT2D eigenvalue weighted by Gasteiger charge is 2.65. The smallest absolute Gasteiger partial charge is 0.271 e. The van der Waals surface area contributed by atoms with Crippen molar-refractivity contribution in [1.82, 2.24) is 4.90 Å². The van der Waals surface area contributed by atoms with Gasteiger partial charge in [-0.1, -0.05) is 24.3 Å². The molecule has 0 N–H and O–H groups in total. The number of methoxy groups -OCH3 is 1. The van der Waals surface area contributed by atoms with Gasteiger partial charge < -0.3 is 14.1 Å². The summed E-state index contributed by atoms with van der Waals surface area (Å²) in [6.45, 7) is 0. The van der Waals surface area contributed by atoms with E-state index in [0.29, 0.717) is 0 Å². The van der Waals surface area contributed by atoms with E-state index in [4.69, 9.17) is 9.15 Å². The lowest BCUT2D eigenvalue weighted by Gasteiger charge is -2.35. The van der Waals surface area contributed by atoms with Crippen molar-refractivity contribution in [2.24, 2.45) is 11.8 Å². The van der Waals surface area contributed by atoms with E-state index in [9.17, 15) is 24.5 Å². The maximum atomic E-state index is 14.0. The van der Waals surface area contributed by atoms with Crippen LogP contribution in [0.25, 0.3) is 6.08 Å². The van der Waals surface area contributed by atoms with Gasteiger partial charge in [-0.05, 0) is 35.4 Å². The van der Waals surface area contributed by atoms with Crippen LogP contribution in [-0.2, 0) is 9.59 Å². The first-order valence-electron chi connectivity index (χ1n) is 11.2. The Bertz CT molecular complexity index is 1460. The average Bonchev–Trinajstić information content (AvgIpc) is 3.60. The topological polar surface area (TPSA) is 123 Å². The minimum absolute atomic E-state index is 0.0218. The number of rotatable bonds is 5. The third-order valence-corrected chi connectivity index (χ3v) is 7.11. The number of nitro groups is 1. The molecule has 0 bridgehead atoms. The number of nitro benzene ring substituents is 1. The summed E-state index contributed by atoms with van der Waals surface area (Å²) in [6.07, 6.45) is 4.97. The van der Waals surface area contributed by atoms with E-state index >= 15 is 0 Å². The normalized spacial score (nSPS) is 23.9. The number of benzene rings is 2. The number of ether oxygens (including phenoxy) is 1. The molecule has 2 fully saturated rings. The second-order valence-electron chi connectivity index (χ2n) is 8.80. The molecule has 0 unspecified atom stereocenters. The Morgan fingerprint density at radius 1 is 1.06 bits per heavy atom. The quantitative estimate of drug-likeness (QED) is 0.232. The third-order valence-electron chi connectivity index (χ3n) is 7.11. The highest BCUT2D eigenvalue weighted by molar-refractivity contribution is 6.25. The minimum atomic E-state index is -1.03. The summed E-state index contributed by atoms with van der Waals surface area (Å²) in [5.74, 6) is -3.28. The Morgan fingerprint density at radius 3 is 2.56 bits per heavy atom. The molecule has 10 heteroatoms. The summed E-state index contributed by atoms with van der Waals surface area (Å²) in [4.78, 5) is 55.0. The Kier molecular flexibility index (Phi) is 4.78. The Balaban J connectivity index is 1.52. The largest absolute Gasteiger partial charge is 0.495 e. The van der Waals surface area contributed by atoms with Crippen LogP contribution in [0.15, 0.2) is 71.5 Å². The van der Waals surface area contributed by atoms with Gasteiger partial charge in [0.2, 0.25) is 17.6 Å². The summed E-state index contributed by atoms with van der Waals surface area (Å²) >= 11 is 0. The second kappa shape index (κ2) is 7.91. The van der Waals surface area contributed by atoms with E-state index in [1.165, 1.54) is 31.6 Å². The molecule has 0 saturated carbocycles. The highest BCUT2D eigenvalue weighted by Crippen LogP contribution is 2.54. The highest BCUT2D eigenvalue weighted by atomic mass is 16.6. The van der Waals surface area contributed by atoms with Crippen molar-refractivity contribution in [2.75, 3.05) is 12.0 Å². The van der Waals surface area contributed by atoms with Crippen LogP contribution < -0.4 is 9.64 Å². The number of fused-ring (bicyclic) bond motifs is 5. The van der Waals surface area contributed by atoms with Crippen LogP contribution >= 0.6 is 0 Å². The fourth-order valence-corrected chi connectivity index (χ4v) is 5.63. The van der Waals surface area contributed by atoms with Crippen molar-refractivity contribution < 1.29 is 28.5 Å². The van der Waals surface area contributed by atoms with Gasteiger partial charge in [-0.3, -0.25) is 24.5 Å². The molecule has 6 rings (SSSR count). The first-order valence-corrected chi connectivity index (χ1v) is 11.2. The molecule has 0 radical (unpaired) electrons. The van der Waals surface area contributed by atoms with Crippen LogP contribution in [-0.4, -0.2) is 40.6 Å². The van der Waals surface area contributed by atoms with Gasteiger partial charge in [-0.15, -0.1) is 0 Å². The fraction of sp³-hybridized carbons (Fsp3) is 0.192. The summed E-state index contributed by atoms with van der Waals surface area (Å²) in [6, 6.07) is 12.8. The summed E-state index contributed by atoms with van der Waals surface area (Å²) in [5, 5.41) is 11.4. The summed E-state index contributed by atoms with van der Waals surface area (Å²) < 4.78 is 10.7. The molecule has 36 heavy (non-hydrogen) atoms. The fourth-order valence-electron chi connectivity index (χ4n) is 5.63. The molecular formula is C26H19N3O7. The van der Waals surface area contributed by atoms with Crippen molar-refractivity contribution in [3.05, 3.63) is 94.1 Å². The maximum Gasteiger partial charge on any atom is 0.271 e. The predicted octanol–water partition coefficient (Wildman–Crippen LogP) is 3.59. The number of non-ortho nitro benzene ring substituents is 1. The van der Waals surface area contributed by atoms with Crippen LogP contribution in [0.2, 0.25) is 0 Å². The van der Waals surface area contributed by atoms with Gasteiger partial charge in [0.25, 0.3) is 5.69 Å². The number of amides is 2. The predicted molar refractivity (Wildman–Crippen MR) is 126 cm³/mol. The van der Waals surface area contributed by atoms with Crippen LogP contribution in [0.1, 0.15) is 27.7 Å². The molecule has 3 aliphatic heterocycles. The van der Waals surface area contributed by atoms with Crippen LogP contribution in [0.5, 0.6) is 5.75 Å². The van der Waals surface area contributed by atoms with Gasteiger partial charge in [0.1, 0.15) is 17.5 Å². The molecule has 0 aliphatic carbocycles. The first-order chi connectivity index (χ1) is 17.4. The molecule has 180 valence electrons. The lowest BCUT2D eigenvalue weighted by Crippen LogP contribution is -2.44. The Labute approximate surface area is 204 Å². The molecule has 4 heterocycles. The first kappa shape index (κ1) is 21.8. The lowest BCUT2D eigenvalue weighted by molar-refractivity contribution is -0.384. The number of carbonyl (C=O) groups is 3. The van der Waals surface area contributed by atoms with E-state index in [1.807, 2.05) is 30.3 Å². The van der Waals surface area contributed by atoms with E-state index in [2.05, 4.69) is 0 Å². The number of Topliss-reactive ketones (excluding diaryl/α,β-unsaturated/α-hetero) is 1. The molecule has 4 atom stereocenters. The Hall–Kier alpha value is -4.73. The van der Waals surface area contributed by atoms with Gasteiger partial charge in [-0.25, -0.2) is 4.90 Å². The van der Waals surface area contributed by atoms with E-state index < -0.39 is 46.4 Å². The number of furan rings is 1. The molecule has 3 aromatic rings. The number of imide groups is 1. The van der Waals surface area contributed by atoms with Gasteiger partial charge >= 0.3 is 0 Å². The van der Waals surface area contributed by atoms with Crippen molar-refractivity contribution in [3.63, 3.8) is 0 Å². The molecule has 2 saturated heterocycles. The molecular weight excluding hydrogens is 466 g/mol. The van der Waals surface area contributed by atoms with Gasteiger partial charge in [0, 0.05) is 18.3 Å². The van der Waals surface area contributed by atoms with Gasteiger partial charge in [0.05, 0.1) is 36.2 Å². The molecule has 2 aromatic carbocycles. The van der Waals surface area contributed by atoms with Crippen LogP contribution in [0.4, 0.5) is 11.4 Å². The molecule has 0 spiro atoms. The number of hydrogen-bond acceptors (Lipinski definition) is 8. The summed E-state index contributed by atoms with van der Waals surface area (Å²) in [5.41, 5.74) is 1.39. The van der Waals surface area contributed by atoms with E-state index in [1.54, 1.807) is 17.2 Å². The molecule has 3 aliphatic rings. The van der Waals surface area contributed by atoms with Crippen molar-refractivity contribution >= 4 is 35.0 Å². The number of hydrogen-bond donors (Lipinski definition) is 0. The number of anilines is 1. The van der Waals surface area contributed by atoms with Crippen LogP contribution in [0, 0.1) is 22.0 Å². The summed E-state index contributed by atoms with van der Waals surface area (Å²) in [7, 11) is 1.35. The van der Waals surface area contributed by atoms with Gasteiger partial charge in [0.15, 0.2) is 5.76 Å². The van der Waals surface area contributed by atoms with Crippen LogP contribution in [0.3, 0.4) is 0 Å². The monoisotopic (exact) mass is 485 g/mol. The maximum absolute atomic E-state index is 14.0. The number of nitrogens with zero attached hydrogens (tertiary/aromatic N) is 3. The SMILES string of the molecule is COc1ccc([N+](=O)[O-])cc1N1C(=O)[C@@H]2[C@H](C1=O)[C@@H]1c3ccccc3C=CN1[C@H]2C(=O)c1ccco1. The zero-order valence-electron chi connectivity index (χ0n) is 18.9. The van der Waals surface area contributed by atoms with Crippen molar-refractivity contribution in [3.8, 4) is 5.75 Å². The molecule has 10 nitrogen and oxygen atoms in total. The minimum Gasteiger partial charge on any atom is -0.495 e. The Morgan fingerprint density at radius 2 is 1.83 bits per heavy atom. The number of ketones is 1. The third kappa shape index (κ3) is 2.94. The lowest BCUT2D eigenvalue weighted by atomic mass is 9.84. The van der Waals surface area contributed by atoms with Crippen molar-refractivity contribution in [1.29, 1.82) is 0 Å². The standard InChI is InChI=1S/C26H19N3O7/c1-35-18-9-8-15(29(33)34)13-17(18)28-25(31)20-21(26(28)32)23(24(30)19-7-4-12-36-19)27-11-10-14-5-2-3-6-16(14)22(20)27/h2-13,20-23H,1H3/t20-,21+,22-,23+/m0/s1. The van der Waals surface area contributed by atoms with E-state index in [-0.39, 0.29) is 22.9 Å². The number of carbonyl (C=O) groups excluding carboxylic acids is 3. The van der Waals surface area contributed by atoms with Crippen molar-refractivity contribution in [2.45, 2.75) is 12.1 Å². The van der Waals surface area contributed by atoms with E-state index in [0.717, 1.165) is 22.1 Å². The zero-order valence-corrected chi connectivity index (χ0v) is 18.9.